The zero-order valence-electron chi connectivity index (χ0n) is 10.0. The molecule has 1 N–H and O–H groups in total. The number of benzene rings is 2. The lowest BCUT2D eigenvalue weighted by molar-refractivity contribution is 0.824. The van der Waals surface area contributed by atoms with Crippen molar-refractivity contribution in [2.45, 2.75) is 19.4 Å². The third kappa shape index (κ3) is 1.98. The molecule has 0 amide bonds. The molecule has 0 aromatic heterocycles. The van der Waals surface area contributed by atoms with Gasteiger partial charge < -0.3 is 5.32 Å². The lowest BCUT2D eigenvalue weighted by atomic mass is 10.0. The van der Waals surface area contributed by atoms with Crippen LogP contribution in [0.1, 0.15) is 22.7 Å². The van der Waals surface area contributed by atoms with Crippen molar-refractivity contribution in [2.75, 3.05) is 5.32 Å². The van der Waals surface area contributed by atoms with Gasteiger partial charge in [-0.1, -0.05) is 41.4 Å². The fourth-order valence-corrected chi connectivity index (χ4v) is 2.95. The molecule has 2 aromatic carbocycles. The number of para-hydroxylation sites is 1. The van der Waals surface area contributed by atoms with Crippen LogP contribution < -0.4 is 5.32 Å². The second-order valence-electron chi connectivity index (χ2n) is 4.68. The van der Waals surface area contributed by atoms with Crippen molar-refractivity contribution in [3.8, 4) is 0 Å². The van der Waals surface area contributed by atoms with E-state index in [1.165, 1.54) is 16.8 Å². The molecule has 1 aliphatic heterocycles. The standard InChI is InChI=1S/C15H13Cl2N/c1-9-3-2-4-10-7-14(18-15(9)10)12-8-11(16)5-6-13(12)17/h2-6,8,14,18H,7H2,1H3. The molecule has 1 heterocycles. The molecule has 2 aromatic rings. The molecule has 0 bridgehead atoms. The quantitative estimate of drug-likeness (QED) is 0.773. The Morgan fingerprint density at radius 3 is 2.78 bits per heavy atom. The number of hydrogen-bond donors (Lipinski definition) is 1. The second-order valence-corrected chi connectivity index (χ2v) is 5.52. The van der Waals surface area contributed by atoms with Crippen LogP contribution >= 0.6 is 23.2 Å². The first-order chi connectivity index (χ1) is 8.65. The average molecular weight is 278 g/mol. The van der Waals surface area contributed by atoms with Crippen LogP contribution in [0.5, 0.6) is 0 Å². The number of anilines is 1. The van der Waals surface area contributed by atoms with Crippen molar-refractivity contribution in [1.82, 2.24) is 0 Å². The number of halogens is 2. The third-order valence-electron chi connectivity index (χ3n) is 3.44. The van der Waals surface area contributed by atoms with Crippen molar-refractivity contribution in [1.29, 1.82) is 0 Å². The number of rotatable bonds is 1. The monoisotopic (exact) mass is 277 g/mol. The van der Waals surface area contributed by atoms with Crippen molar-refractivity contribution < 1.29 is 0 Å². The fourth-order valence-electron chi connectivity index (χ4n) is 2.52. The van der Waals surface area contributed by atoms with Crippen molar-refractivity contribution in [2.24, 2.45) is 0 Å². The SMILES string of the molecule is Cc1cccc2c1NC(c1cc(Cl)ccc1Cl)C2. The summed E-state index contributed by atoms with van der Waals surface area (Å²) < 4.78 is 0. The average Bonchev–Trinajstić information content (AvgIpc) is 2.77. The van der Waals surface area contributed by atoms with Crippen LogP contribution in [0.15, 0.2) is 36.4 Å². The van der Waals surface area contributed by atoms with Crippen molar-refractivity contribution in [3.63, 3.8) is 0 Å². The smallest absolute Gasteiger partial charge is 0.0570 e. The minimum Gasteiger partial charge on any atom is -0.377 e. The molecule has 1 nitrogen and oxygen atoms in total. The topological polar surface area (TPSA) is 12.0 Å². The van der Waals surface area contributed by atoms with Gasteiger partial charge in [0.15, 0.2) is 0 Å². The molecule has 1 atom stereocenters. The summed E-state index contributed by atoms with van der Waals surface area (Å²) in [5.74, 6) is 0. The van der Waals surface area contributed by atoms with Gasteiger partial charge in [-0.3, -0.25) is 0 Å². The minimum atomic E-state index is 0.215. The van der Waals surface area contributed by atoms with Gasteiger partial charge in [0.05, 0.1) is 6.04 Å². The van der Waals surface area contributed by atoms with E-state index in [2.05, 4.69) is 30.4 Å². The zero-order chi connectivity index (χ0) is 12.7. The molecule has 92 valence electrons. The fraction of sp³-hybridized carbons (Fsp3) is 0.200. The Bertz CT molecular complexity index is 607. The molecular formula is C15H13Cl2N. The summed E-state index contributed by atoms with van der Waals surface area (Å²) in [5, 5.41) is 5.04. The van der Waals surface area contributed by atoms with Crippen molar-refractivity contribution >= 4 is 28.9 Å². The number of aryl methyl sites for hydroxylation is 1. The van der Waals surface area contributed by atoms with E-state index >= 15 is 0 Å². The van der Waals surface area contributed by atoms with Gasteiger partial charge in [-0.15, -0.1) is 0 Å². The van der Waals surface area contributed by atoms with Crippen molar-refractivity contribution in [3.05, 3.63) is 63.1 Å². The van der Waals surface area contributed by atoms with E-state index in [1.807, 2.05) is 18.2 Å². The molecule has 3 heteroatoms. The van der Waals surface area contributed by atoms with E-state index in [0.29, 0.717) is 0 Å². The maximum Gasteiger partial charge on any atom is 0.0570 e. The van der Waals surface area contributed by atoms with E-state index < -0.39 is 0 Å². The van der Waals surface area contributed by atoms with Gasteiger partial charge in [0.1, 0.15) is 0 Å². The Morgan fingerprint density at radius 2 is 2.00 bits per heavy atom. The van der Waals surface area contributed by atoms with Gasteiger partial charge in [0.2, 0.25) is 0 Å². The van der Waals surface area contributed by atoms with Crippen LogP contribution in [0.3, 0.4) is 0 Å². The minimum absolute atomic E-state index is 0.215. The summed E-state index contributed by atoms with van der Waals surface area (Å²) in [4.78, 5) is 0. The molecular weight excluding hydrogens is 265 g/mol. The first-order valence-electron chi connectivity index (χ1n) is 5.95. The van der Waals surface area contributed by atoms with Crippen LogP contribution in [-0.2, 0) is 6.42 Å². The van der Waals surface area contributed by atoms with Crippen LogP contribution in [-0.4, -0.2) is 0 Å². The van der Waals surface area contributed by atoms with Crippen LogP contribution in [0.2, 0.25) is 10.0 Å². The second kappa shape index (κ2) is 4.49. The van der Waals surface area contributed by atoms with Gasteiger partial charge in [0.25, 0.3) is 0 Å². The number of nitrogens with one attached hydrogen (secondary N) is 1. The molecule has 18 heavy (non-hydrogen) atoms. The van der Waals surface area contributed by atoms with E-state index in [0.717, 1.165) is 22.0 Å². The summed E-state index contributed by atoms with van der Waals surface area (Å²) in [6, 6.07) is 12.2. The van der Waals surface area contributed by atoms with Gasteiger partial charge in [0, 0.05) is 15.7 Å². The molecule has 0 spiro atoms. The van der Waals surface area contributed by atoms with E-state index in [9.17, 15) is 0 Å². The Morgan fingerprint density at radius 1 is 1.17 bits per heavy atom. The van der Waals surface area contributed by atoms with Gasteiger partial charge in [-0.25, -0.2) is 0 Å². The van der Waals surface area contributed by atoms with E-state index in [-0.39, 0.29) is 6.04 Å². The largest absolute Gasteiger partial charge is 0.377 e. The number of fused-ring (bicyclic) bond motifs is 1. The van der Waals surface area contributed by atoms with Gasteiger partial charge in [-0.05, 0) is 48.2 Å². The highest BCUT2D eigenvalue weighted by Crippen LogP contribution is 2.39. The predicted octanol–water partition coefficient (Wildman–Crippen LogP) is 5.01. The maximum absolute atomic E-state index is 6.26. The highest BCUT2D eigenvalue weighted by molar-refractivity contribution is 6.33. The zero-order valence-corrected chi connectivity index (χ0v) is 11.5. The molecule has 3 rings (SSSR count). The molecule has 0 aliphatic carbocycles. The summed E-state index contributed by atoms with van der Waals surface area (Å²) in [6.07, 6.45) is 0.955. The molecule has 1 aliphatic rings. The Hall–Kier alpha value is -1.18. The Labute approximate surface area is 117 Å². The van der Waals surface area contributed by atoms with Gasteiger partial charge in [-0.2, -0.15) is 0 Å². The van der Waals surface area contributed by atoms with Crippen LogP contribution in [0.4, 0.5) is 5.69 Å². The Kier molecular flexibility index (Phi) is 2.96. The molecule has 0 saturated carbocycles. The predicted molar refractivity (Wildman–Crippen MR) is 77.7 cm³/mol. The molecule has 1 unspecified atom stereocenters. The first kappa shape index (κ1) is 11.9. The van der Waals surface area contributed by atoms with Gasteiger partial charge >= 0.3 is 0 Å². The summed E-state index contributed by atoms with van der Waals surface area (Å²) in [5.41, 5.74) is 4.92. The molecule has 0 radical (unpaired) electrons. The Balaban J connectivity index is 1.99. The highest BCUT2D eigenvalue weighted by Gasteiger charge is 2.24. The summed E-state index contributed by atoms with van der Waals surface area (Å²) in [7, 11) is 0. The molecule has 0 fully saturated rings. The first-order valence-corrected chi connectivity index (χ1v) is 6.71. The molecule has 0 saturated heterocycles. The number of hydrogen-bond acceptors (Lipinski definition) is 1. The van der Waals surface area contributed by atoms with Crippen LogP contribution in [0, 0.1) is 6.92 Å². The van der Waals surface area contributed by atoms with E-state index in [4.69, 9.17) is 23.2 Å². The normalized spacial score (nSPS) is 17.4. The third-order valence-corrected chi connectivity index (χ3v) is 4.01. The maximum atomic E-state index is 6.26. The summed E-state index contributed by atoms with van der Waals surface area (Å²) >= 11 is 12.3. The highest BCUT2D eigenvalue weighted by atomic mass is 35.5. The van der Waals surface area contributed by atoms with E-state index in [1.54, 1.807) is 0 Å². The lowest BCUT2D eigenvalue weighted by Crippen LogP contribution is -2.06. The van der Waals surface area contributed by atoms with Crippen LogP contribution in [0.25, 0.3) is 0 Å². The summed E-state index contributed by atoms with van der Waals surface area (Å²) in [6.45, 7) is 2.12. The lowest BCUT2D eigenvalue weighted by Gasteiger charge is -2.14.